The van der Waals surface area contributed by atoms with Crippen LogP contribution in [0.25, 0.3) is 5.70 Å². The molecular formula is C13H20FN. The minimum Gasteiger partial charge on any atom is -0.399 e. The maximum atomic E-state index is 12.6. The Morgan fingerprint density at radius 1 is 1.33 bits per heavy atom. The van der Waals surface area contributed by atoms with E-state index in [1.54, 1.807) is 6.07 Å². The van der Waals surface area contributed by atoms with Gasteiger partial charge in [0, 0.05) is 11.3 Å². The fraction of sp³-hybridized carbons (Fsp3) is 0.385. The van der Waals surface area contributed by atoms with Gasteiger partial charge in [0.1, 0.15) is 5.82 Å². The maximum Gasteiger partial charge on any atom is 0.123 e. The van der Waals surface area contributed by atoms with Crippen LogP contribution in [0.15, 0.2) is 24.8 Å². The Labute approximate surface area is 91.8 Å². The first-order valence-electron chi connectivity index (χ1n) is 5.23. The van der Waals surface area contributed by atoms with Gasteiger partial charge in [-0.15, -0.1) is 0 Å². The number of benzene rings is 1. The van der Waals surface area contributed by atoms with E-state index < -0.39 is 0 Å². The molecule has 0 fully saturated rings. The molecule has 0 saturated heterocycles. The van der Waals surface area contributed by atoms with E-state index in [9.17, 15) is 4.39 Å². The van der Waals surface area contributed by atoms with Crippen molar-refractivity contribution in [1.82, 2.24) is 0 Å². The molecule has 0 aliphatic carbocycles. The van der Waals surface area contributed by atoms with Crippen LogP contribution in [0, 0.1) is 12.7 Å². The molecule has 0 aliphatic rings. The van der Waals surface area contributed by atoms with Gasteiger partial charge in [0.2, 0.25) is 0 Å². The Balaban J connectivity index is 0.000000423. The highest BCUT2D eigenvalue weighted by Crippen LogP contribution is 2.14. The first-order chi connectivity index (χ1) is 7.02. The van der Waals surface area contributed by atoms with Gasteiger partial charge in [-0.2, -0.15) is 0 Å². The lowest BCUT2D eigenvalue weighted by Gasteiger charge is -2.03. The molecule has 84 valence electrons. The van der Waals surface area contributed by atoms with Gasteiger partial charge in [0.25, 0.3) is 0 Å². The molecule has 0 atom stereocenters. The van der Waals surface area contributed by atoms with Crippen molar-refractivity contribution >= 4 is 5.70 Å². The minimum absolute atomic E-state index is 0.280. The fourth-order valence-corrected chi connectivity index (χ4v) is 0.940. The number of aryl methyl sites for hydroxylation is 1. The summed E-state index contributed by atoms with van der Waals surface area (Å²) in [6.45, 7) is 9.77. The van der Waals surface area contributed by atoms with E-state index >= 15 is 0 Å². The van der Waals surface area contributed by atoms with E-state index in [2.05, 4.69) is 20.4 Å². The Morgan fingerprint density at radius 2 is 1.87 bits per heavy atom. The highest BCUT2D eigenvalue weighted by atomic mass is 19.1. The molecule has 2 heteroatoms. The molecule has 0 bridgehead atoms. The molecule has 0 aromatic heterocycles. The molecule has 0 radical (unpaired) electrons. The third kappa shape index (κ3) is 5.21. The summed E-state index contributed by atoms with van der Waals surface area (Å²) in [5, 5.41) is 0. The summed E-state index contributed by atoms with van der Waals surface area (Å²) in [7, 11) is 0. The van der Waals surface area contributed by atoms with Gasteiger partial charge in [-0.3, -0.25) is 0 Å². The Hall–Kier alpha value is -1.31. The number of halogens is 1. The third-order valence-corrected chi connectivity index (χ3v) is 2.05. The molecule has 0 aliphatic heterocycles. The van der Waals surface area contributed by atoms with Crippen LogP contribution in [-0.4, -0.2) is 0 Å². The molecule has 0 heterocycles. The van der Waals surface area contributed by atoms with E-state index in [0.717, 1.165) is 5.56 Å². The topological polar surface area (TPSA) is 26.0 Å². The number of hydrogen-bond donors (Lipinski definition) is 1. The molecule has 1 rings (SSSR count). The highest BCUT2D eigenvalue weighted by molar-refractivity contribution is 5.63. The lowest BCUT2D eigenvalue weighted by atomic mass is 10.1. The third-order valence-electron chi connectivity index (χ3n) is 2.05. The van der Waals surface area contributed by atoms with Crippen molar-refractivity contribution < 1.29 is 4.39 Å². The van der Waals surface area contributed by atoms with Crippen molar-refractivity contribution in [3.8, 4) is 0 Å². The molecule has 2 N–H and O–H groups in total. The number of rotatable bonds is 2. The standard InChI is InChI=1S/C9H10FN.C4H10/c1-6-3-4-8(10)5-9(6)7(2)11;1-3-4-2/h3-5H,2,11H2,1H3;3-4H2,1-2H3. The lowest BCUT2D eigenvalue weighted by Crippen LogP contribution is -1.97. The molecule has 0 unspecified atom stereocenters. The normalized spacial score (nSPS) is 9.07. The number of hydrogen-bond acceptors (Lipinski definition) is 1. The van der Waals surface area contributed by atoms with Gasteiger partial charge in [-0.05, 0) is 24.6 Å². The summed E-state index contributed by atoms with van der Waals surface area (Å²) in [6.07, 6.45) is 2.64. The summed E-state index contributed by atoms with van der Waals surface area (Å²) in [4.78, 5) is 0. The molecule has 15 heavy (non-hydrogen) atoms. The Kier molecular flexibility index (Phi) is 6.43. The second-order valence-electron chi connectivity index (χ2n) is 3.48. The van der Waals surface area contributed by atoms with Crippen LogP contribution >= 0.6 is 0 Å². The molecule has 1 nitrogen and oxygen atoms in total. The van der Waals surface area contributed by atoms with Crippen LogP contribution in [0.2, 0.25) is 0 Å². The largest absolute Gasteiger partial charge is 0.399 e. The van der Waals surface area contributed by atoms with E-state index in [-0.39, 0.29) is 5.82 Å². The van der Waals surface area contributed by atoms with Crippen molar-refractivity contribution in [3.05, 3.63) is 41.7 Å². The van der Waals surface area contributed by atoms with E-state index in [4.69, 9.17) is 5.73 Å². The first-order valence-corrected chi connectivity index (χ1v) is 5.23. The average Bonchev–Trinajstić information content (AvgIpc) is 2.22. The highest BCUT2D eigenvalue weighted by Gasteiger charge is 1.99. The summed E-state index contributed by atoms with van der Waals surface area (Å²) in [5.74, 6) is -0.280. The zero-order valence-corrected chi connectivity index (χ0v) is 9.81. The van der Waals surface area contributed by atoms with Crippen molar-refractivity contribution in [2.24, 2.45) is 5.73 Å². The summed E-state index contributed by atoms with van der Waals surface area (Å²) in [5.41, 5.74) is 7.46. The van der Waals surface area contributed by atoms with Gasteiger partial charge in [0.15, 0.2) is 0 Å². The van der Waals surface area contributed by atoms with Crippen LogP contribution in [0.4, 0.5) is 4.39 Å². The number of unbranched alkanes of at least 4 members (excludes halogenated alkanes) is 1. The summed E-state index contributed by atoms with van der Waals surface area (Å²) >= 11 is 0. The van der Waals surface area contributed by atoms with Crippen molar-refractivity contribution in [1.29, 1.82) is 0 Å². The molecule has 1 aromatic carbocycles. The average molecular weight is 209 g/mol. The van der Waals surface area contributed by atoms with Crippen LogP contribution in [-0.2, 0) is 0 Å². The maximum absolute atomic E-state index is 12.6. The van der Waals surface area contributed by atoms with Gasteiger partial charge >= 0.3 is 0 Å². The van der Waals surface area contributed by atoms with Gasteiger partial charge < -0.3 is 5.73 Å². The predicted octanol–water partition coefficient (Wildman–Crippen LogP) is 3.87. The zero-order valence-electron chi connectivity index (χ0n) is 9.81. The van der Waals surface area contributed by atoms with Crippen molar-refractivity contribution in [2.75, 3.05) is 0 Å². The zero-order chi connectivity index (χ0) is 11.8. The SMILES string of the molecule is C=C(N)c1cc(F)ccc1C.CCCC. The van der Waals surface area contributed by atoms with Crippen LogP contribution in [0.5, 0.6) is 0 Å². The smallest absolute Gasteiger partial charge is 0.123 e. The quantitative estimate of drug-likeness (QED) is 0.786. The van der Waals surface area contributed by atoms with Crippen LogP contribution in [0.1, 0.15) is 37.8 Å². The summed E-state index contributed by atoms with van der Waals surface area (Å²) in [6, 6.07) is 4.47. The van der Waals surface area contributed by atoms with E-state index in [1.165, 1.54) is 25.0 Å². The van der Waals surface area contributed by atoms with E-state index in [0.29, 0.717) is 11.3 Å². The molecular weight excluding hydrogens is 189 g/mol. The fourth-order valence-electron chi connectivity index (χ4n) is 0.940. The lowest BCUT2D eigenvalue weighted by molar-refractivity contribution is 0.627. The molecule has 1 aromatic rings. The molecule has 0 spiro atoms. The van der Waals surface area contributed by atoms with Gasteiger partial charge in [0.05, 0.1) is 0 Å². The van der Waals surface area contributed by atoms with Gasteiger partial charge in [-0.25, -0.2) is 4.39 Å². The summed E-state index contributed by atoms with van der Waals surface area (Å²) < 4.78 is 12.6. The van der Waals surface area contributed by atoms with E-state index in [1.807, 2.05) is 6.92 Å². The van der Waals surface area contributed by atoms with Gasteiger partial charge in [-0.1, -0.05) is 39.3 Å². The monoisotopic (exact) mass is 209 g/mol. The Bertz CT molecular complexity index is 316. The van der Waals surface area contributed by atoms with Crippen LogP contribution < -0.4 is 5.73 Å². The minimum atomic E-state index is -0.280. The van der Waals surface area contributed by atoms with Crippen molar-refractivity contribution in [2.45, 2.75) is 33.6 Å². The molecule has 0 saturated carbocycles. The van der Waals surface area contributed by atoms with Crippen molar-refractivity contribution in [3.63, 3.8) is 0 Å². The first kappa shape index (κ1) is 13.7. The Morgan fingerprint density at radius 3 is 2.20 bits per heavy atom. The predicted molar refractivity (Wildman–Crippen MR) is 64.9 cm³/mol. The second-order valence-corrected chi connectivity index (χ2v) is 3.48. The second kappa shape index (κ2) is 7.04. The molecule has 0 amide bonds. The number of nitrogens with two attached hydrogens (primary N) is 1. The van der Waals surface area contributed by atoms with Crippen LogP contribution in [0.3, 0.4) is 0 Å².